The number of pyridine rings is 2. The van der Waals surface area contributed by atoms with Crippen LogP contribution in [0.5, 0.6) is 0 Å². The Bertz CT molecular complexity index is 625. The van der Waals surface area contributed by atoms with Crippen molar-refractivity contribution in [3.63, 3.8) is 0 Å². The fourth-order valence-electron chi connectivity index (χ4n) is 1.71. The third-order valence-electron chi connectivity index (χ3n) is 2.51. The molecule has 0 aliphatic rings. The second kappa shape index (κ2) is 3.34. The smallest absolute Gasteiger partial charge is 0.137 e. The summed E-state index contributed by atoms with van der Waals surface area (Å²) in [6.45, 7) is 0. The van der Waals surface area contributed by atoms with Gasteiger partial charge in [-0.05, 0) is 24.3 Å². The van der Waals surface area contributed by atoms with Crippen molar-refractivity contribution in [2.75, 3.05) is 5.73 Å². The van der Waals surface area contributed by atoms with Crippen molar-refractivity contribution >= 4 is 16.6 Å². The lowest BCUT2D eigenvalue weighted by atomic mass is 10.3. The molecule has 0 saturated heterocycles. The van der Waals surface area contributed by atoms with E-state index in [1.807, 2.05) is 41.2 Å². The first kappa shape index (κ1) is 8.91. The van der Waals surface area contributed by atoms with Crippen LogP contribution in [0.2, 0.25) is 0 Å². The molecule has 0 unspecified atom stereocenters. The molecule has 0 radical (unpaired) electrons. The maximum atomic E-state index is 5.61. The fourth-order valence-corrected chi connectivity index (χ4v) is 1.71. The number of hydrogen-bond donors (Lipinski definition) is 1. The van der Waals surface area contributed by atoms with E-state index in [0.717, 1.165) is 16.7 Å². The Hall–Kier alpha value is -2.36. The number of nitrogen functional groups attached to an aromatic ring is 1. The van der Waals surface area contributed by atoms with Gasteiger partial charge >= 0.3 is 0 Å². The van der Waals surface area contributed by atoms with Gasteiger partial charge in [-0.2, -0.15) is 0 Å². The van der Waals surface area contributed by atoms with Gasteiger partial charge in [-0.25, -0.2) is 4.98 Å². The average Bonchev–Trinajstić information content (AvgIpc) is 2.74. The summed E-state index contributed by atoms with van der Waals surface area (Å²) in [5.74, 6) is 0.845. The maximum absolute atomic E-state index is 5.61. The molecule has 3 aromatic rings. The van der Waals surface area contributed by atoms with E-state index >= 15 is 0 Å². The van der Waals surface area contributed by atoms with E-state index in [1.165, 1.54) is 0 Å². The third-order valence-corrected chi connectivity index (χ3v) is 2.51. The Morgan fingerprint density at radius 3 is 2.81 bits per heavy atom. The first-order valence-corrected chi connectivity index (χ1v) is 4.97. The van der Waals surface area contributed by atoms with Crippen molar-refractivity contribution in [2.45, 2.75) is 0 Å². The lowest BCUT2D eigenvalue weighted by Crippen LogP contribution is -1.96. The van der Waals surface area contributed by atoms with Gasteiger partial charge in [0.2, 0.25) is 0 Å². The maximum Gasteiger partial charge on any atom is 0.137 e. The molecule has 3 aromatic heterocycles. The number of nitrogens with two attached hydrogens (primary N) is 1. The molecule has 3 rings (SSSR count). The molecule has 0 spiro atoms. The molecule has 0 amide bonds. The molecular weight excluding hydrogens is 200 g/mol. The molecule has 0 saturated carbocycles. The minimum Gasteiger partial charge on any atom is -0.397 e. The topological polar surface area (TPSA) is 56.7 Å². The lowest BCUT2D eigenvalue weighted by Gasteiger charge is -2.03. The highest BCUT2D eigenvalue weighted by Gasteiger charge is 2.03. The molecule has 0 aliphatic heterocycles. The Balaban J connectivity index is 2.22. The van der Waals surface area contributed by atoms with Crippen LogP contribution in [0.4, 0.5) is 5.69 Å². The molecule has 78 valence electrons. The molecule has 0 fully saturated rings. The Kier molecular flexibility index (Phi) is 1.86. The zero-order chi connectivity index (χ0) is 11.0. The molecule has 0 aromatic carbocycles. The number of aromatic nitrogens is 3. The molecule has 2 N–H and O–H groups in total. The van der Waals surface area contributed by atoms with Crippen LogP contribution in [0.1, 0.15) is 0 Å². The van der Waals surface area contributed by atoms with Crippen LogP contribution in [0, 0.1) is 0 Å². The van der Waals surface area contributed by atoms with Crippen LogP contribution in [-0.4, -0.2) is 14.5 Å². The first-order chi connectivity index (χ1) is 7.84. The normalized spacial score (nSPS) is 10.8. The van der Waals surface area contributed by atoms with Crippen LogP contribution in [-0.2, 0) is 0 Å². The van der Waals surface area contributed by atoms with Crippen molar-refractivity contribution in [1.82, 2.24) is 14.5 Å². The average molecular weight is 210 g/mol. The highest BCUT2D eigenvalue weighted by Crippen LogP contribution is 2.18. The summed E-state index contributed by atoms with van der Waals surface area (Å²) in [5, 5.41) is 1.15. The monoisotopic (exact) mass is 210 g/mol. The Morgan fingerprint density at radius 1 is 1.06 bits per heavy atom. The summed E-state index contributed by atoms with van der Waals surface area (Å²) in [6, 6.07) is 7.74. The molecule has 0 aliphatic carbocycles. The second-order valence-electron chi connectivity index (χ2n) is 3.57. The minimum absolute atomic E-state index is 0.665. The van der Waals surface area contributed by atoms with Gasteiger partial charge in [0, 0.05) is 17.8 Å². The first-order valence-electron chi connectivity index (χ1n) is 4.97. The van der Waals surface area contributed by atoms with Gasteiger partial charge in [-0.1, -0.05) is 0 Å². The standard InChI is InChI=1S/C12H10N4/c13-10-1-2-12(15-7-10)16-6-4-9-3-5-14-8-11(9)16/h1-8H,13H2. The van der Waals surface area contributed by atoms with Crippen molar-refractivity contribution in [3.05, 3.63) is 49.1 Å². The van der Waals surface area contributed by atoms with E-state index in [-0.39, 0.29) is 0 Å². The zero-order valence-corrected chi connectivity index (χ0v) is 8.54. The van der Waals surface area contributed by atoms with E-state index in [0.29, 0.717) is 5.69 Å². The summed E-state index contributed by atoms with van der Waals surface area (Å²) in [5.41, 5.74) is 7.32. The van der Waals surface area contributed by atoms with Crippen molar-refractivity contribution in [1.29, 1.82) is 0 Å². The van der Waals surface area contributed by atoms with Gasteiger partial charge in [0.05, 0.1) is 23.6 Å². The number of rotatable bonds is 1. The van der Waals surface area contributed by atoms with Crippen molar-refractivity contribution in [3.8, 4) is 5.82 Å². The summed E-state index contributed by atoms with van der Waals surface area (Å²) < 4.78 is 1.99. The van der Waals surface area contributed by atoms with Crippen LogP contribution < -0.4 is 5.73 Å². The third kappa shape index (κ3) is 1.32. The van der Waals surface area contributed by atoms with E-state index in [1.54, 1.807) is 12.4 Å². The Labute approximate surface area is 92.4 Å². The van der Waals surface area contributed by atoms with Gasteiger partial charge in [0.15, 0.2) is 0 Å². The summed E-state index contributed by atoms with van der Waals surface area (Å²) in [7, 11) is 0. The van der Waals surface area contributed by atoms with Gasteiger partial charge in [0.1, 0.15) is 5.82 Å². The van der Waals surface area contributed by atoms with E-state index < -0.39 is 0 Å². The molecule has 4 nitrogen and oxygen atoms in total. The minimum atomic E-state index is 0.665. The SMILES string of the molecule is Nc1ccc(-n2ccc3ccncc32)nc1. The molecule has 3 heterocycles. The number of hydrogen-bond acceptors (Lipinski definition) is 3. The van der Waals surface area contributed by atoms with Gasteiger partial charge in [-0.3, -0.25) is 9.55 Å². The lowest BCUT2D eigenvalue weighted by molar-refractivity contribution is 1.04. The number of fused-ring (bicyclic) bond motifs is 1. The van der Waals surface area contributed by atoms with Gasteiger partial charge < -0.3 is 5.73 Å². The Morgan fingerprint density at radius 2 is 2.00 bits per heavy atom. The largest absolute Gasteiger partial charge is 0.397 e. The highest BCUT2D eigenvalue weighted by atomic mass is 15.1. The van der Waals surface area contributed by atoms with E-state index in [9.17, 15) is 0 Å². The van der Waals surface area contributed by atoms with Gasteiger partial charge in [0.25, 0.3) is 0 Å². The van der Waals surface area contributed by atoms with Crippen LogP contribution in [0.3, 0.4) is 0 Å². The van der Waals surface area contributed by atoms with E-state index in [4.69, 9.17) is 5.73 Å². The van der Waals surface area contributed by atoms with Crippen LogP contribution >= 0.6 is 0 Å². The predicted molar refractivity (Wildman–Crippen MR) is 63.3 cm³/mol. The summed E-state index contributed by atoms with van der Waals surface area (Å²) in [6.07, 6.45) is 7.23. The molecule has 0 bridgehead atoms. The van der Waals surface area contributed by atoms with Crippen molar-refractivity contribution < 1.29 is 0 Å². The number of anilines is 1. The predicted octanol–water partition coefficient (Wildman–Crippen LogP) is 2.00. The summed E-state index contributed by atoms with van der Waals surface area (Å²) >= 11 is 0. The van der Waals surface area contributed by atoms with Crippen LogP contribution in [0.25, 0.3) is 16.7 Å². The summed E-state index contributed by atoms with van der Waals surface area (Å²) in [4.78, 5) is 8.40. The van der Waals surface area contributed by atoms with Crippen molar-refractivity contribution in [2.24, 2.45) is 0 Å². The molecular formula is C12H10N4. The second-order valence-corrected chi connectivity index (χ2v) is 3.57. The number of nitrogens with zero attached hydrogens (tertiary/aromatic N) is 3. The highest BCUT2D eigenvalue weighted by molar-refractivity contribution is 5.80. The molecule has 0 atom stereocenters. The molecule has 4 heteroatoms. The zero-order valence-electron chi connectivity index (χ0n) is 8.54. The quantitative estimate of drug-likeness (QED) is 0.668. The fraction of sp³-hybridized carbons (Fsp3) is 0. The molecule has 16 heavy (non-hydrogen) atoms. The van der Waals surface area contributed by atoms with Crippen LogP contribution in [0.15, 0.2) is 49.1 Å². The van der Waals surface area contributed by atoms with Gasteiger partial charge in [-0.15, -0.1) is 0 Å². The van der Waals surface area contributed by atoms with E-state index in [2.05, 4.69) is 9.97 Å².